The minimum atomic E-state index is -3.12. The van der Waals surface area contributed by atoms with Gasteiger partial charge in [-0.1, -0.05) is 25.1 Å². The second-order valence-corrected chi connectivity index (χ2v) is 13.6. The number of aromatic hydroxyl groups is 1. The third-order valence-electron chi connectivity index (χ3n) is 11.0. The number of rotatable bonds is 4. The van der Waals surface area contributed by atoms with Crippen LogP contribution in [-0.4, -0.2) is 94.7 Å². The molecule has 8 rings (SSSR count). The van der Waals surface area contributed by atoms with Crippen LogP contribution < -0.4 is 24.7 Å². The number of nitrogens with two attached hydrogens (primary N) is 1. The molecule has 0 spiro atoms. The summed E-state index contributed by atoms with van der Waals surface area (Å²) in [4.78, 5) is 70.4. The number of fused-ring (bicyclic) bond motifs is 5. The van der Waals surface area contributed by atoms with Gasteiger partial charge in [0.1, 0.15) is 5.75 Å². The quantitative estimate of drug-likeness (QED) is 0.285. The fourth-order valence-electron chi connectivity index (χ4n) is 8.79. The lowest BCUT2D eigenvalue weighted by atomic mass is 9.49. The number of para-hydroxylation sites is 1. The maximum atomic E-state index is 14.8. The zero-order chi connectivity index (χ0) is 35.5. The number of Topliss-reactive ketones (excluding diaryl/α,β-unsaturated/α-hetero) is 4. The number of ketones is 4. The van der Waals surface area contributed by atoms with Crippen LogP contribution in [0.25, 0.3) is 22.3 Å². The smallest absolute Gasteiger partial charge is 0.235 e. The Balaban J connectivity index is 1.38. The van der Waals surface area contributed by atoms with E-state index in [9.17, 15) is 39.3 Å². The van der Waals surface area contributed by atoms with Crippen molar-refractivity contribution >= 4 is 29.0 Å². The van der Waals surface area contributed by atoms with Crippen LogP contribution in [0.4, 0.5) is 0 Å². The highest BCUT2D eigenvalue weighted by atomic mass is 16.7. The van der Waals surface area contributed by atoms with Crippen LogP contribution >= 0.6 is 0 Å². The molecule has 0 radical (unpaired) electrons. The molecule has 14 heteroatoms. The number of phenols is 1. The molecule has 0 aromatic heterocycles. The number of ether oxygens (including phenoxy) is 4. The molecule has 258 valence electrons. The van der Waals surface area contributed by atoms with Crippen LogP contribution in [0.3, 0.4) is 0 Å². The number of amides is 1. The van der Waals surface area contributed by atoms with Gasteiger partial charge in [-0.2, -0.15) is 0 Å². The first-order chi connectivity index (χ1) is 23.8. The van der Waals surface area contributed by atoms with Gasteiger partial charge in [0, 0.05) is 17.0 Å². The lowest BCUT2D eigenvalue weighted by molar-refractivity contribution is -0.196. The molecular formula is C36H32N2O12. The molecule has 0 saturated heterocycles. The molecule has 3 aromatic rings. The summed E-state index contributed by atoms with van der Waals surface area (Å²) in [5.41, 5.74) is 3.92. The summed E-state index contributed by atoms with van der Waals surface area (Å²) in [7, 11) is 2.88. The summed E-state index contributed by atoms with van der Waals surface area (Å²) in [5.74, 6) is -12.8. The maximum absolute atomic E-state index is 14.8. The maximum Gasteiger partial charge on any atom is 0.235 e. The second kappa shape index (κ2) is 10.8. The summed E-state index contributed by atoms with van der Waals surface area (Å²) in [6, 6.07) is 10.4. The largest absolute Gasteiger partial charge is 0.507 e. The third kappa shape index (κ3) is 4.03. The molecule has 2 fully saturated rings. The van der Waals surface area contributed by atoms with Crippen LogP contribution in [0.5, 0.6) is 28.7 Å². The summed E-state index contributed by atoms with van der Waals surface area (Å²) < 4.78 is 22.4. The monoisotopic (exact) mass is 684 g/mol. The number of phenolic OH excluding ortho intramolecular Hbond substituents is 1. The van der Waals surface area contributed by atoms with E-state index < -0.39 is 82.1 Å². The average Bonchev–Trinajstić information content (AvgIpc) is 3.76. The number of likely N-dealkylation sites (N-methyl/N-ethyl adjacent to an activating group) is 1. The van der Waals surface area contributed by atoms with Gasteiger partial charge in [-0.3, -0.25) is 28.9 Å². The van der Waals surface area contributed by atoms with Gasteiger partial charge < -0.3 is 40.0 Å². The highest BCUT2D eigenvalue weighted by molar-refractivity contribution is 6.32. The molecule has 2 heterocycles. The predicted molar refractivity (Wildman–Crippen MR) is 171 cm³/mol. The van der Waals surface area contributed by atoms with Crippen molar-refractivity contribution in [3.8, 4) is 51.0 Å². The molecule has 5 aliphatic rings. The van der Waals surface area contributed by atoms with E-state index in [-0.39, 0.29) is 24.7 Å². The van der Waals surface area contributed by atoms with Crippen LogP contribution in [0, 0.1) is 23.7 Å². The standard InChI is InChI=1S/C36H32N2O12/c1-13-21-16(14-7-8-18-20(9-14)49-11-47-18)10-17(15-5-4-6-19-32(15)50-12-48-19)28(39)23(21)29(40)24-22(13)30(41)26-27(38(2)3)31(42)25(35(37)45)34(44)36(26,46)33(24)43/h4-10,13,22,24-27,30,39,41,46H,11-12H2,1-3H3,(H2,37,45)/t13-,22+,24?,25?,26+,27-,30-,36-/m0/s1. The minimum absolute atomic E-state index is 0.00352. The van der Waals surface area contributed by atoms with Gasteiger partial charge in [-0.25, -0.2) is 0 Å². The molecule has 2 aliphatic heterocycles. The van der Waals surface area contributed by atoms with Crippen molar-refractivity contribution in [1.29, 1.82) is 0 Å². The predicted octanol–water partition coefficient (Wildman–Crippen LogP) is 1.19. The molecule has 0 bridgehead atoms. The number of nitrogens with zero attached hydrogens (tertiary/aromatic N) is 1. The Labute approximate surface area is 284 Å². The van der Waals surface area contributed by atoms with Gasteiger partial charge in [-0.05, 0) is 61.0 Å². The molecule has 2 saturated carbocycles. The lowest BCUT2D eigenvalue weighted by Gasteiger charge is -2.56. The van der Waals surface area contributed by atoms with E-state index in [1.54, 1.807) is 49.4 Å². The van der Waals surface area contributed by atoms with E-state index in [4.69, 9.17) is 24.7 Å². The van der Waals surface area contributed by atoms with Crippen LogP contribution in [0.15, 0.2) is 42.5 Å². The van der Waals surface area contributed by atoms with Crippen LogP contribution in [0.2, 0.25) is 0 Å². The Bertz CT molecular complexity index is 2080. The molecule has 50 heavy (non-hydrogen) atoms. The Morgan fingerprint density at radius 3 is 2.32 bits per heavy atom. The zero-order valence-corrected chi connectivity index (χ0v) is 27.0. The van der Waals surface area contributed by atoms with Gasteiger partial charge in [-0.15, -0.1) is 0 Å². The van der Waals surface area contributed by atoms with Crippen molar-refractivity contribution in [2.75, 3.05) is 27.7 Å². The lowest BCUT2D eigenvalue weighted by Crippen LogP contribution is -2.77. The highest BCUT2D eigenvalue weighted by Crippen LogP contribution is 2.58. The van der Waals surface area contributed by atoms with Crippen molar-refractivity contribution in [3.63, 3.8) is 0 Å². The topological polar surface area (TPSA) is 212 Å². The number of hydrogen-bond donors (Lipinski definition) is 4. The number of hydrogen-bond acceptors (Lipinski definition) is 13. The van der Waals surface area contributed by atoms with Gasteiger partial charge in [0.15, 0.2) is 57.6 Å². The summed E-state index contributed by atoms with van der Waals surface area (Å²) in [6.45, 7) is 1.60. The molecule has 14 nitrogen and oxygen atoms in total. The zero-order valence-electron chi connectivity index (χ0n) is 27.0. The van der Waals surface area contributed by atoms with E-state index in [0.29, 0.717) is 45.3 Å². The summed E-state index contributed by atoms with van der Waals surface area (Å²) >= 11 is 0. The first-order valence-corrected chi connectivity index (χ1v) is 16.0. The highest BCUT2D eigenvalue weighted by Gasteiger charge is 2.73. The molecule has 1 amide bonds. The number of benzene rings is 3. The van der Waals surface area contributed by atoms with E-state index in [1.807, 2.05) is 0 Å². The Morgan fingerprint density at radius 1 is 0.900 bits per heavy atom. The Hall–Kier alpha value is -5.31. The molecule has 8 atom stereocenters. The van der Waals surface area contributed by atoms with Gasteiger partial charge >= 0.3 is 0 Å². The van der Waals surface area contributed by atoms with Crippen molar-refractivity contribution in [2.45, 2.75) is 30.6 Å². The first-order valence-electron chi connectivity index (χ1n) is 16.0. The van der Waals surface area contributed by atoms with E-state index in [2.05, 4.69) is 0 Å². The van der Waals surface area contributed by atoms with Crippen molar-refractivity contribution in [3.05, 3.63) is 53.6 Å². The molecular weight excluding hydrogens is 652 g/mol. The van der Waals surface area contributed by atoms with E-state index in [0.717, 1.165) is 0 Å². The number of carbonyl (C=O) groups is 5. The summed E-state index contributed by atoms with van der Waals surface area (Å²) in [6.07, 6.45) is -1.78. The molecule has 3 aromatic carbocycles. The van der Waals surface area contributed by atoms with Crippen molar-refractivity contribution in [2.24, 2.45) is 29.4 Å². The Kier molecular flexibility index (Phi) is 6.92. The fourth-order valence-corrected chi connectivity index (χ4v) is 8.79. The van der Waals surface area contributed by atoms with Gasteiger partial charge in [0.25, 0.3) is 0 Å². The number of primary amides is 1. The van der Waals surface area contributed by atoms with Gasteiger partial charge in [0.05, 0.1) is 29.5 Å². The molecule has 2 unspecified atom stereocenters. The van der Waals surface area contributed by atoms with Crippen molar-refractivity contribution < 1.29 is 58.2 Å². The SMILES string of the molecule is C[C@H]1c2c(-c3ccc4c(c3)OCO4)cc(-c3cccc4c3OCO4)c(O)c2C(=O)C2C(=O)[C@]3(O)C(=O)C(C(N)=O)C(=O)[C@@H](N(C)C)[C@@H]3[C@@H](O)[C@@H]21. The Morgan fingerprint density at radius 2 is 1.60 bits per heavy atom. The average molecular weight is 685 g/mol. The molecule has 3 aliphatic carbocycles. The molecule has 5 N–H and O–H groups in total. The van der Waals surface area contributed by atoms with Crippen molar-refractivity contribution in [1.82, 2.24) is 4.90 Å². The van der Waals surface area contributed by atoms with Crippen LogP contribution in [-0.2, 0) is 19.2 Å². The number of aliphatic hydroxyl groups excluding tert-OH is 1. The number of aliphatic hydroxyl groups is 2. The fraction of sp³-hybridized carbons (Fsp3) is 0.361. The first kappa shape index (κ1) is 31.9. The van der Waals surface area contributed by atoms with E-state index >= 15 is 0 Å². The second-order valence-electron chi connectivity index (χ2n) is 13.6. The normalized spacial score (nSPS) is 30.6. The summed E-state index contributed by atoms with van der Waals surface area (Å²) in [5, 5.41) is 36.2. The number of carbonyl (C=O) groups excluding carboxylic acids is 5. The van der Waals surface area contributed by atoms with Crippen LogP contribution in [0.1, 0.15) is 28.8 Å². The van der Waals surface area contributed by atoms with Gasteiger partial charge in [0.2, 0.25) is 19.5 Å². The third-order valence-corrected chi connectivity index (χ3v) is 11.0. The van der Waals surface area contributed by atoms with E-state index in [1.165, 1.54) is 19.0 Å². The minimum Gasteiger partial charge on any atom is -0.507 e.